The van der Waals surface area contributed by atoms with E-state index in [0.29, 0.717) is 19.0 Å². The first-order valence-electron chi connectivity index (χ1n) is 16.2. The second-order valence-corrected chi connectivity index (χ2v) is 12.0. The molecule has 4 aromatic carbocycles. The third-order valence-electron chi connectivity index (χ3n) is 9.11. The van der Waals surface area contributed by atoms with Gasteiger partial charge < -0.3 is 9.80 Å². The topological polar surface area (TPSA) is 26.8 Å². The van der Waals surface area contributed by atoms with E-state index in [2.05, 4.69) is 128 Å². The van der Waals surface area contributed by atoms with Crippen molar-refractivity contribution in [3.8, 4) is 0 Å². The van der Waals surface area contributed by atoms with Gasteiger partial charge in [-0.25, -0.2) is 0 Å². The highest BCUT2D eigenvalue weighted by Gasteiger charge is 2.29. The quantitative estimate of drug-likeness (QED) is 0.184. The summed E-state index contributed by atoms with van der Waals surface area (Å²) in [5, 5.41) is 0. The van der Waals surface area contributed by atoms with Crippen LogP contribution < -0.4 is 4.90 Å². The zero-order valence-electron chi connectivity index (χ0n) is 26.7. The van der Waals surface area contributed by atoms with Crippen molar-refractivity contribution in [2.45, 2.75) is 52.6 Å². The maximum atomic E-state index is 13.2. The number of rotatable bonds is 9. The highest BCUT2D eigenvalue weighted by atomic mass is 16.2. The Morgan fingerprint density at radius 2 is 1.39 bits per heavy atom. The van der Waals surface area contributed by atoms with Gasteiger partial charge in [0.05, 0.1) is 0 Å². The van der Waals surface area contributed by atoms with Crippen LogP contribution in [0, 0.1) is 0 Å². The van der Waals surface area contributed by atoms with Crippen LogP contribution in [0.5, 0.6) is 0 Å². The first-order chi connectivity index (χ1) is 21.6. The Balaban J connectivity index is 0.000000584. The zero-order chi connectivity index (χ0) is 30.7. The molecule has 228 valence electrons. The Labute approximate surface area is 264 Å². The van der Waals surface area contributed by atoms with Crippen LogP contribution in [0.4, 0.5) is 5.69 Å². The van der Waals surface area contributed by atoms with Crippen molar-refractivity contribution in [3.63, 3.8) is 0 Å². The molecule has 2 aliphatic heterocycles. The molecule has 2 heterocycles. The number of piperazine rings is 1. The molecule has 0 aliphatic carbocycles. The van der Waals surface area contributed by atoms with E-state index in [4.69, 9.17) is 0 Å². The summed E-state index contributed by atoms with van der Waals surface area (Å²) < 4.78 is 0. The van der Waals surface area contributed by atoms with E-state index in [1.54, 1.807) is 0 Å². The SMILES string of the molecule is C/C=C(\C)CC.O=C1c2cc(N3CCN(CCC(c4ccccc4)c4ccccc4)CC3)ccc2CN1Cc1ccccc1. The van der Waals surface area contributed by atoms with Gasteiger partial charge in [-0.1, -0.05) is 116 Å². The average Bonchev–Trinajstić information content (AvgIpc) is 3.40. The summed E-state index contributed by atoms with van der Waals surface area (Å²) in [4.78, 5) is 20.2. The number of carbonyl (C=O) groups is 1. The van der Waals surface area contributed by atoms with Crippen molar-refractivity contribution in [2.24, 2.45) is 0 Å². The van der Waals surface area contributed by atoms with Gasteiger partial charge in [0.1, 0.15) is 0 Å². The van der Waals surface area contributed by atoms with E-state index < -0.39 is 0 Å². The molecule has 6 rings (SSSR count). The van der Waals surface area contributed by atoms with Crippen molar-refractivity contribution in [2.75, 3.05) is 37.6 Å². The maximum absolute atomic E-state index is 13.2. The summed E-state index contributed by atoms with van der Waals surface area (Å²) in [5.41, 5.74) is 8.60. The molecule has 1 amide bonds. The molecule has 0 bridgehead atoms. The number of allylic oxidation sites excluding steroid dienone is 2. The molecule has 0 aromatic heterocycles. The van der Waals surface area contributed by atoms with Gasteiger partial charge in [0.2, 0.25) is 0 Å². The molecule has 1 saturated heterocycles. The predicted octanol–water partition coefficient (Wildman–Crippen LogP) is 8.55. The van der Waals surface area contributed by atoms with Gasteiger partial charge in [0, 0.05) is 56.4 Å². The molecule has 0 unspecified atom stereocenters. The Kier molecular flexibility index (Phi) is 11.0. The van der Waals surface area contributed by atoms with Crippen molar-refractivity contribution >= 4 is 11.6 Å². The molecule has 2 aliphatic rings. The molecular weight excluding hydrogens is 538 g/mol. The molecule has 4 heteroatoms. The summed E-state index contributed by atoms with van der Waals surface area (Å²) in [5.74, 6) is 0.564. The van der Waals surface area contributed by atoms with Gasteiger partial charge in [0.25, 0.3) is 5.91 Å². The van der Waals surface area contributed by atoms with Crippen LogP contribution in [0.3, 0.4) is 0 Å². The second kappa shape index (κ2) is 15.5. The Bertz CT molecular complexity index is 1450. The van der Waals surface area contributed by atoms with E-state index in [1.165, 1.54) is 34.4 Å². The van der Waals surface area contributed by atoms with E-state index in [1.807, 2.05) is 23.1 Å². The first-order valence-corrected chi connectivity index (χ1v) is 16.2. The van der Waals surface area contributed by atoms with Crippen molar-refractivity contribution in [3.05, 3.63) is 149 Å². The molecule has 0 N–H and O–H groups in total. The Hall–Kier alpha value is -4.15. The lowest BCUT2D eigenvalue weighted by Gasteiger charge is -2.37. The van der Waals surface area contributed by atoms with Gasteiger partial charge in [-0.15, -0.1) is 0 Å². The lowest BCUT2D eigenvalue weighted by atomic mass is 9.88. The maximum Gasteiger partial charge on any atom is 0.254 e. The van der Waals surface area contributed by atoms with E-state index in [-0.39, 0.29) is 5.91 Å². The fourth-order valence-corrected chi connectivity index (χ4v) is 6.12. The van der Waals surface area contributed by atoms with Gasteiger partial charge in [-0.3, -0.25) is 9.69 Å². The molecule has 4 aromatic rings. The zero-order valence-corrected chi connectivity index (χ0v) is 26.7. The normalized spacial score (nSPS) is 15.3. The predicted molar refractivity (Wildman–Crippen MR) is 184 cm³/mol. The smallest absolute Gasteiger partial charge is 0.254 e. The van der Waals surface area contributed by atoms with E-state index in [9.17, 15) is 4.79 Å². The number of anilines is 1. The number of hydrogen-bond acceptors (Lipinski definition) is 3. The number of hydrogen-bond donors (Lipinski definition) is 0. The number of nitrogens with zero attached hydrogens (tertiary/aromatic N) is 3. The second-order valence-electron chi connectivity index (χ2n) is 12.0. The summed E-state index contributed by atoms with van der Waals surface area (Å²) in [6.07, 6.45) is 4.44. The number of fused-ring (bicyclic) bond motifs is 1. The Morgan fingerprint density at radius 3 is 1.93 bits per heavy atom. The van der Waals surface area contributed by atoms with Crippen molar-refractivity contribution < 1.29 is 4.79 Å². The molecule has 0 spiro atoms. The number of benzene rings is 4. The fraction of sp³-hybridized carbons (Fsp3) is 0.325. The molecule has 44 heavy (non-hydrogen) atoms. The fourth-order valence-electron chi connectivity index (χ4n) is 6.12. The minimum Gasteiger partial charge on any atom is -0.369 e. The van der Waals surface area contributed by atoms with Crippen LogP contribution in [-0.4, -0.2) is 48.4 Å². The third kappa shape index (κ3) is 8.06. The Morgan fingerprint density at radius 1 is 0.795 bits per heavy atom. The van der Waals surface area contributed by atoms with E-state index in [0.717, 1.165) is 50.3 Å². The lowest BCUT2D eigenvalue weighted by molar-refractivity contribution is 0.0766. The minimum atomic E-state index is 0.150. The van der Waals surface area contributed by atoms with Crippen LogP contribution in [-0.2, 0) is 13.1 Å². The molecule has 0 radical (unpaired) electrons. The standard InChI is InChI=1S/C34H35N3O.C6H12/c38-34-33-24-31(17-16-30(33)26-37(34)25-27-10-4-1-5-11-27)36-22-20-35(21-23-36)19-18-32(28-12-6-2-7-13-28)29-14-8-3-9-15-29;1-4-6(3)5-2/h1-17,24,32H,18-23,25-26H2;4H,5H2,1-3H3/b;6-4+. The van der Waals surface area contributed by atoms with Crippen LogP contribution >= 0.6 is 0 Å². The van der Waals surface area contributed by atoms with Crippen LogP contribution in [0.25, 0.3) is 0 Å². The van der Waals surface area contributed by atoms with Crippen molar-refractivity contribution in [1.82, 2.24) is 9.80 Å². The summed E-state index contributed by atoms with van der Waals surface area (Å²) >= 11 is 0. The lowest BCUT2D eigenvalue weighted by Crippen LogP contribution is -2.46. The van der Waals surface area contributed by atoms with Gasteiger partial charge in [-0.2, -0.15) is 0 Å². The molecule has 1 fully saturated rings. The summed E-state index contributed by atoms with van der Waals surface area (Å²) in [6.45, 7) is 12.9. The third-order valence-corrected chi connectivity index (χ3v) is 9.11. The monoisotopic (exact) mass is 585 g/mol. The van der Waals surface area contributed by atoms with Crippen LogP contribution in [0.15, 0.2) is 121 Å². The molecule has 4 nitrogen and oxygen atoms in total. The molecular formula is C40H47N3O. The summed E-state index contributed by atoms with van der Waals surface area (Å²) in [7, 11) is 0. The van der Waals surface area contributed by atoms with Crippen LogP contribution in [0.2, 0.25) is 0 Å². The highest BCUT2D eigenvalue weighted by molar-refractivity contribution is 5.99. The first kappa shape index (κ1) is 31.3. The average molecular weight is 586 g/mol. The molecule has 0 saturated carbocycles. The van der Waals surface area contributed by atoms with Crippen LogP contribution in [0.1, 0.15) is 72.1 Å². The minimum absolute atomic E-state index is 0.150. The highest BCUT2D eigenvalue weighted by Crippen LogP contribution is 2.30. The number of carbonyl (C=O) groups excluding carboxylic acids is 1. The molecule has 0 atom stereocenters. The number of amides is 1. The largest absolute Gasteiger partial charge is 0.369 e. The van der Waals surface area contributed by atoms with Gasteiger partial charge in [-0.05, 0) is 67.6 Å². The van der Waals surface area contributed by atoms with Gasteiger partial charge >= 0.3 is 0 Å². The summed E-state index contributed by atoms with van der Waals surface area (Å²) in [6, 6.07) is 38.5. The van der Waals surface area contributed by atoms with E-state index >= 15 is 0 Å². The van der Waals surface area contributed by atoms with Gasteiger partial charge in [0.15, 0.2) is 0 Å². The van der Waals surface area contributed by atoms with Crippen molar-refractivity contribution in [1.29, 1.82) is 0 Å².